The summed E-state index contributed by atoms with van der Waals surface area (Å²) in [4.78, 5) is 0. The molecule has 2 aromatic rings. The Labute approximate surface area is 125 Å². The first-order chi connectivity index (χ1) is 10.0. The van der Waals surface area contributed by atoms with Crippen molar-refractivity contribution in [3.8, 4) is 6.07 Å². The number of nitriles is 1. The van der Waals surface area contributed by atoms with Crippen LogP contribution in [-0.4, -0.2) is 19.8 Å². The van der Waals surface area contributed by atoms with E-state index in [1.54, 1.807) is 31.3 Å². The van der Waals surface area contributed by atoms with E-state index in [4.69, 9.17) is 5.26 Å². The minimum absolute atomic E-state index is 0.0674. The zero-order valence-electron chi connectivity index (χ0n) is 11.7. The van der Waals surface area contributed by atoms with E-state index in [0.29, 0.717) is 17.7 Å². The lowest BCUT2D eigenvalue weighted by Crippen LogP contribution is -2.27. The van der Waals surface area contributed by atoms with E-state index in [0.717, 1.165) is 5.56 Å². The van der Waals surface area contributed by atoms with Crippen molar-refractivity contribution in [1.82, 2.24) is 4.31 Å². The molecule has 0 amide bonds. The van der Waals surface area contributed by atoms with Crippen LogP contribution >= 0.6 is 0 Å². The molecular weight excluding hydrogens is 284 g/mol. The summed E-state index contributed by atoms with van der Waals surface area (Å²) in [6.07, 6.45) is 0. The van der Waals surface area contributed by atoms with Crippen molar-refractivity contribution in [2.45, 2.75) is 12.3 Å². The third-order valence-corrected chi connectivity index (χ3v) is 4.93. The van der Waals surface area contributed by atoms with Crippen LogP contribution in [0.2, 0.25) is 0 Å². The van der Waals surface area contributed by atoms with Gasteiger partial charge < -0.3 is 0 Å². The van der Waals surface area contributed by atoms with E-state index in [1.165, 1.54) is 4.31 Å². The van der Waals surface area contributed by atoms with Gasteiger partial charge in [0.25, 0.3) is 0 Å². The molecule has 0 heterocycles. The number of rotatable bonds is 5. The van der Waals surface area contributed by atoms with Crippen LogP contribution in [0.1, 0.15) is 16.7 Å². The second kappa shape index (κ2) is 6.53. The zero-order valence-corrected chi connectivity index (χ0v) is 12.5. The Hall–Kier alpha value is -2.16. The van der Waals surface area contributed by atoms with Crippen molar-refractivity contribution >= 4 is 10.0 Å². The molecule has 0 radical (unpaired) electrons. The fraction of sp³-hybridized carbons (Fsp3) is 0.188. The molecule has 2 aromatic carbocycles. The largest absolute Gasteiger partial charge is 0.218 e. The predicted molar refractivity (Wildman–Crippen MR) is 81.7 cm³/mol. The normalized spacial score (nSPS) is 11.3. The first-order valence-corrected chi connectivity index (χ1v) is 8.09. The highest BCUT2D eigenvalue weighted by molar-refractivity contribution is 7.88. The van der Waals surface area contributed by atoms with E-state index in [2.05, 4.69) is 0 Å². The zero-order chi connectivity index (χ0) is 15.3. The summed E-state index contributed by atoms with van der Waals surface area (Å²) in [5.74, 6) is -0.0674. The molecule has 0 aliphatic heterocycles. The number of nitrogens with zero attached hydrogens (tertiary/aromatic N) is 2. The summed E-state index contributed by atoms with van der Waals surface area (Å²) in [6.45, 7) is 0.347. The third-order valence-electron chi connectivity index (χ3n) is 3.16. The van der Waals surface area contributed by atoms with Crippen LogP contribution in [-0.2, 0) is 22.3 Å². The molecule has 5 heteroatoms. The van der Waals surface area contributed by atoms with Crippen LogP contribution in [0.15, 0.2) is 54.6 Å². The lowest BCUT2D eigenvalue weighted by atomic mass is 10.2. The lowest BCUT2D eigenvalue weighted by molar-refractivity contribution is 0.466. The Morgan fingerprint density at radius 2 is 1.62 bits per heavy atom. The van der Waals surface area contributed by atoms with Crippen molar-refractivity contribution in [3.63, 3.8) is 0 Å². The van der Waals surface area contributed by atoms with E-state index in [9.17, 15) is 8.42 Å². The van der Waals surface area contributed by atoms with Crippen LogP contribution in [0.25, 0.3) is 0 Å². The van der Waals surface area contributed by atoms with Crippen molar-refractivity contribution in [1.29, 1.82) is 5.26 Å². The van der Waals surface area contributed by atoms with Crippen LogP contribution < -0.4 is 0 Å². The highest BCUT2D eigenvalue weighted by Gasteiger charge is 2.18. The summed E-state index contributed by atoms with van der Waals surface area (Å²) in [5, 5.41) is 8.74. The Balaban J connectivity index is 2.08. The van der Waals surface area contributed by atoms with Gasteiger partial charge in [-0.05, 0) is 23.3 Å². The molecule has 0 aliphatic carbocycles. The first kappa shape index (κ1) is 15.2. The number of hydrogen-bond acceptors (Lipinski definition) is 3. The van der Waals surface area contributed by atoms with Crippen LogP contribution in [0.4, 0.5) is 0 Å². The molecule has 0 atom stereocenters. The van der Waals surface area contributed by atoms with Crippen molar-refractivity contribution in [2.24, 2.45) is 0 Å². The Morgan fingerprint density at radius 1 is 1.00 bits per heavy atom. The molecule has 0 bridgehead atoms. The van der Waals surface area contributed by atoms with Gasteiger partial charge in [-0.3, -0.25) is 0 Å². The summed E-state index contributed by atoms with van der Waals surface area (Å²) < 4.78 is 26.0. The number of benzene rings is 2. The van der Waals surface area contributed by atoms with Gasteiger partial charge in [-0.25, -0.2) is 12.7 Å². The van der Waals surface area contributed by atoms with Crippen molar-refractivity contribution in [3.05, 3.63) is 71.3 Å². The summed E-state index contributed by atoms with van der Waals surface area (Å²) in [7, 11) is -1.81. The van der Waals surface area contributed by atoms with Crippen LogP contribution in [0.3, 0.4) is 0 Å². The Morgan fingerprint density at radius 3 is 2.19 bits per heavy atom. The maximum Gasteiger partial charge on any atom is 0.218 e. The molecule has 0 aromatic heterocycles. The molecule has 0 saturated carbocycles. The van der Waals surface area contributed by atoms with Gasteiger partial charge in [-0.2, -0.15) is 5.26 Å². The minimum atomic E-state index is -3.38. The molecule has 4 nitrogen and oxygen atoms in total. The molecule has 21 heavy (non-hydrogen) atoms. The monoisotopic (exact) mass is 300 g/mol. The molecule has 0 saturated heterocycles. The van der Waals surface area contributed by atoms with Gasteiger partial charge in [0.2, 0.25) is 10.0 Å². The van der Waals surface area contributed by atoms with E-state index in [-0.39, 0.29) is 5.75 Å². The van der Waals surface area contributed by atoms with Gasteiger partial charge in [0.1, 0.15) is 0 Å². The van der Waals surface area contributed by atoms with Gasteiger partial charge in [0.05, 0.1) is 17.4 Å². The second-order valence-electron chi connectivity index (χ2n) is 4.81. The topological polar surface area (TPSA) is 61.2 Å². The maximum absolute atomic E-state index is 12.3. The molecule has 0 spiro atoms. The van der Waals surface area contributed by atoms with Gasteiger partial charge in [0.15, 0.2) is 0 Å². The van der Waals surface area contributed by atoms with Crippen molar-refractivity contribution < 1.29 is 8.42 Å². The molecule has 108 valence electrons. The quantitative estimate of drug-likeness (QED) is 0.852. The van der Waals surface area contributed by atoms with E-state index >= 15 is 0 Å². The van der Waals surface area contributed by atoms with E-state index < -0.39 is 10.0 Å². The Kier molecular flexibility index (Phi) is 4.73. The first-order valence-electron chi connectivity index (χ1n) is 6.48. The highest BCUT2D eigenvalue weighted by Crippen LogP contribution is 2.13. The van der Waals surface area contributed by atoms with Gasteiger partial charge in [-0.15, -0.1) is 0 Å². The molecule has 0 unspecified atom stereocenters. The highest BCUT2D eigenvalue weighted by atomic mass is 32.2. The molecule has 0 fully saturated rings. The van der Waals surface area contributed by atoms with Gasteiger partial charge >= 0.3 is 0 Å². The van der Waals surface area contributed by atoms with Gasteiger partial charge in [-0.1, -0.05) is 42.5 Å². The third kappa shape index (κ3) is 4.15. The fourth-order valence-electron chi connectivity index (χ4n) is 1.94. The van der Waals surface area contributed by atoms with Gasteiger partial charge in [0, 0.05) is 13.6 Å². The van der Waals surface area contributed by atoms with Crippen LogP contribution in [0, 0.1) is 11.3 Å². The summed E-state index contributed by atoms with van der Waals surface area (Å²) in [5.41, 5.74) is 2.14. The Bertz CT molecular complexity index is 732. The average molecular weight is 300 g/mol. The predicted octanol–water partition coefficient (Wildman–Crippen LogP) is 2.52. The minimum Gasteiger partial charge on any atom is -0.212 e. The molecule has 2 rings (SSSR count). The fourth-order valence-corrected chi connectivity index (χ4v) is 3.12. The summed E-state index contributed by atoms with van der Waals surface area (Å²) in [6, 6.07) is 18.1. The van der Waals surface area contributed by atoms with E-state index in [1.807, 2.05) is 36.4 Å². The SMILES string of the molecule is CN(Cc1ccccc1)S(=O)(=O)Cc1ccc(C#N)cc1. The molecule has 0 N–H and O–H groups in total. The summed E-state index contributed by atoms with van der Waals surface area (Å²) >= 11 is 0. The lowest BCUT2D eigenvalue weighted by Gasteiger charge is -2.17. The second-order valence-corrected chi connectivity index (χ2v) is 6.88. The molecule has 0 aliphatic rings. The smallest absolute Gasteiger partial charge is 0.212 e. The number of sulfonamides is 1. The maximum atomic E-state index is 12.3. The molecular formula is C16H16N2O2S. The van der Waals surface area contributed by atoms with Crippen molar-refractivity contribution in [2.75, 3.05) is 7.05 Å². The number of hydrogen-bond donors (Lipinski definition) is 0. The standard InChI is InChI=1S/C16H16N2O2S/c1-18(12-15-5-3-2-4-6-15)21(19,20)13-16-9-7-14(11-17)8-10-16/h2-10H,12-13H2,1H3. The van der Waals surface area contributed by atoms with Crippen LogP contribution in [0.5, 0.6) is 0 Å². The average Bonchev–Trinajstić information content (AvgIpc) is 2.48.